The third kappa shape index (κ3) is 15.4. The Hall–Kier alpha value is -4.22. The third-order valence-corrected chi connectivity index (χ3v) is 16.7. The molecule has 21 heteroatoms. The minimum Gasteiger partial charge on any atom is -0.748 e. The minimum absolute atomic E-state index is 0.124. The number of aliphatic carboxylic acids is 1. The van der Waals surface area contributed by atoms with Crippen LogP contribution in [0.4, 0.5) is 11.4 Å². The Morgan fingerprint density at radius 1 is 0.714 bits per heavy atom. The summed E-state index contributed by atoms with van der Waals surface area (Å²) >= 11 is 0. The first-order chi connectivity index (χ1) is 32.6. The van der Waals surface area contributed by atoms with Crippen molar-refractivity contribution < 1.29 is 66.4 Å². The molecule has 70 heavy (non-hydrogen) atoms. The van der Waals surface area contributed by atoms with Gasteiger partial charge in [0, 0.05) is 71.9 Å². The van der Waals surface area contributed by atoms with E-state index in [-0.39, 0.29) is 29.1 Å². The van der Waals surface area contributed by atoms with E-state index in [0.717, 1.165) is 79.6 Å². The Kier molecular flexibility index (Phi) is 19.1. The fourth-order valence-corrected chi connectivity index (χ4v) is 11.9. The molecule has 0 amide bonds. The molecule has 0 saturated heterocycles. The highest BCUT2D eigenvalue weighted by atomic mass is 32.2. The highest BCUT2D eigenvalue weighted by molar-refractivity contribution is 7.86. The molecule has 5 rings (SSSR count). The van der Waals surface area contributed by atoms with Crippen LogP contribution >= 0.6 is 0 Å². The number of carboxylic acid groups (broad SMARTS) is 1. The topological polar surface area (TPSA) is 276 Å². The quantitative estimate of drug-likeness (QED) is 0.0319. The normalized spacial score (nSPS) is 18.4. The Labute approximate surface area is 414 Å². The summed E-state index contributed by atoms with van der Waals surface area (Å²) < 4.78 is 138. The molecular weight excluding hydrogens is 983 g/mol. The molecule has 2 aromatic carbocycles. The van der Waals surface area contributed by atoms with Crippen molar-refractivity contribution in [3.05, 3.63) is 94.4 Å². The zero-order valence-corrected chi connectivity index (χ0v) is 43.8. The molecule has 0 fully saturated rings. The van der Waals surface area contributed by atoms with Crippen molar-refractivity contribution in [3.8, 4) is 0 Å². The third-order valence-electron chi connectivity index (χ3n) is 13.4. The smallest absolute Gasteiger partial charge is 0.303 e. The molecule has 2 aliphatic heterocycles. The summed E-state index contributed by atoms with van der Waals surface area (Å²) in [4.78, 5) is 12.3. The van der Waals surface area contributed by atoms with E-state index in [1.165, 1.54) is 24.3 Å². The zero-order chi connectivity index (χ0) is 51.7. The van der Waals surface area contributed by atoms with Crippen molar-refractivity contribution in [3.63, 3.8) is 0 Å². The number of fused-ring (bicyclic) bond motifs is 2. The molecule has 0 spiro atoms. The predicted octanol–water partition coefficient (Wildman–Crippen LogP) is 8.34. The van der Waals surface area contributed by atoms with Gasteiger partial charge in [-0.25, -0.2) is 8.42 Å². The lowest BCUT2D eigenvalue weighted by atomic mass is 9.81. The second kappa shape index (κ2) is 23.6. The van der Waals surface area contributed by atoms with Gasteiger partial charge in [-0.15, -0.1) is 0 Å². The molecule has 2 aromatic rings. The van der Waals surface area contributed by atoms with Crippen LogP contribution in [0.15, 0.2) is 93.0 Å². The van der Waals surface area contributed by atoms with Crippen LogP contribution in [0.2, 0.25) is 0 Å². The average molecular weight is 1050 g/mol. The molecule has 0 unspecified atom stereocenters. The first-order valence-corrected chi connectivity index (χ1v) is 30.0. The summed E-state index contributed by atoms with van der Waals surface area (Å²) in [6.45, 7) is 9.13. The fraction of sp³-hybridized carbons (Fsp3) is 0.551. The standard InChI is InChI=1S/C49H69N3O14S4/c1-48(2)40-34-38(69(61,62)63)23-25-42(40)51(30-13-15-32-67(55,56)57)44(48)27-21-36-18-17-19-37(47(36)50-29-12-10-8-6-5-7-9-11-20-46(53)54)22-28-45-49(3,4)41-35-39(70(64,65)66)24-26-43(41)52(45)31-14-16-33-68(58,59)60/h21-28,34-35H,5-20,29-33H2,1-4H3,(H5,53,54,55,56,57,58,59,60,61,62,63,64,65,66)/b36-21-,44-27-. The number of allylic oxidation sites excluding steroid dienone is 7. The van der Waals surface area contributed by atoms with Crippen LogP contribution in [0.1, 0.15) is 142 Å². The molecule has 0 saturated carbocycles. The van der Waals surface area contributed by atoms with Crippen LogP contribution in [0, 0.1) is 0 Å². The van der Waals surface area contributed by atoms with Crippen molar-refractivity contribution in [1.82, 2.24) is 5.32 Å². The number of carboxylic acids is 1. The molecular formula is C49H69N3O14S4. The molecule has 2 heterocycles. The fourth-order valence-electron chi connectivity index (χ4n) is 9.74. The van der Waals surface area contributed by atoms with E-state index in [0.29, 0.717) is 74.2 Å². The van der Waals surface area contributed by atoms with E-state index in [2.05, 4.69) is 5.32 Å². The monoisotopic (exact) mass is 1050 g/mol. The number of nitrogens with zero attached hydrogens (tertiary/aromatic N) is 2. The predicted molar refractivity (Wildman–Crippen MR) is 269 cm³/mol. The second-order valence-corrected chi connectivity index (χ2v) is 25.4. The highest BCUT2D eigenvalue weighted by Crippen LogP contribution is 2.49. The van der Waals surface area contributed by atoms with Crippen LogP contribution in [0.5, 0.6) is 0 Å². The lowest BCUT2D eigenvalue weighted by molar-refractivity contribution is -0.438. The van der Waals surface area contributed by atoms with Crippen molar-refractivity contribution in [2.75, 3.05) is 36.0 Å². The van der Waals surface area contributed by atoms with E-state index in [4.69, 9.17) is 5.11 Å². The van der Waals surface area contributed by atoms with Gasteiger partial charge in [-0.1, -0.05) is 64.5 Å². The van der Waals surface area contributed by atoms with Gasteiger partial charge < -0.3 is 19.9 Å². The molecule has 3 aliphatic rings. The molecule has 5 N–H and O–H groups in total. The van der Waals surface area contributed by atoms with Crippen LogP contribution in [-0.4, -0.2) is 104 Å². The first-order valence-electron chi connectivity index (χ1n) is 23.9. The van der Waals surface area contributed by atoms with Gasteiger partial charge in [-0.3, -0.25) is 18.5 Å². The average Bonchev–Trinajstić information content (AvgIpc) is 3.60. The van der Waals surface area contributed by atoms with Gasteiger partial charge in [-0.05, 0) is 118 Å². The van der Waals surface area contributed by atoms with Crippen LogP contribution in [0.3, 0.4) is 0 Å². The Morgan fingerprint density at radius 3 is 1.93 bits per heavy atom. The lowest BCUT2D eigenvalue weighted by Crippen LogP contribution is -2.28. The van der Waals surface area contributed by atoms with E-state index < -0.39 is 68.8 Å². The summed E-state index contributed by atoms with van der Waals surface area (Å²) in [5, 5.41) is 12.7. The van der Waals surface area contributed by atoms with Crippen LogP contribution in [0.25, 0.3) is 0 Å². The number of benzene rings is 2. The SMILES string of the molecule is CC1(C)C(/C=C/C2=C(NCCCCCCCCCCC(=O)O)C(=C\C=C3/N(CCCCS(=O)(=O)[O-])c4ccc(S(=O)(=O)O)cc4C3(C)C)/CCC2)=[N+](CCCCS(=O)(=O)O)c2ccc(S(=O)(=O)O)cc21. The maximum atomic E-state index is 12.3. The Morgan fingerprint density at radius 2 is 1.31 bits per heavy atom. The maximum Gasteiger partial charge on any atom is 0.303 e. The maximum absolute atomic E-state index is 12.3. The van der Waals surface area contributed by atoms with E-state index in [1.54, 1.807) is 12.1 Å². The number of hydrogen-bond donors (Lipinski definition) is 5. The largest absolute Gasteiger partial charge is 0.748 e. The summed E-state index contributed by atoms with van der Waals surface area (Å²) in [6.07, 6.45) is 19.1. The van der Waals surface area contributed by atoms with E-state index >= 15 is 0 Å². The molecule has 0 bridgehead atoms. The number of rotatable bonds is 27. The molecule has 17 nitrogen and oxygen atoms in total. The van der Waals surface area contributed by atoms with Gasteiger partial charge in [0.15, 0.2) is 5.71 Å². The number of hydrogen-bond acceptors (Lipinski definition) is 12. The minimum atomic E-state index is -4.53. The van der Waals surface area contributed by atoms with Crippen molar-refractivity contribution >= 4 is 63.5 Å². The Bertz CT molecular complexity index is 2880. The molecule has 1 aliphatic carbocycles. The zero-order valence-electron chi connectivity index (χ0n) is 40.5. The van der Waals surface area contributed by atoms with Gasteiger partial charge in [0.25, 0.3) is 30.4 Å². The highest BCUT2D eigenvalue weighted by Gasteiger charge is 2.45. The molecule has 0 radical (unpaired) electrons. The van der Waals surface area contributed by atoms with E-state index in [1.807, 2.05) is 61.5 Å². The van der Waals surface area contributed by atoms with Crippen LogP contribution in [-0.2, 0) is 56.1 Å². The van der Waals surface area contributed by atoms with Crippen molar-refractivity contribution in [1.29, 1.82) is 0 Å². The van der Waals surface area contributed by atoms with Gasteiger partial charge in [-0.2, -0.15) is 29.8 Å². The molecule has 0 aromatic heterocycles. The number of anilines is 1. The van der Waals surface area contributed by atoms with E-state index in [9.17, 15) is 56.7 Å². The summed E-state index contributed by atoms with van der Waals surface area (Å²) in [6, 6.07) is 8.81. The lowest BCUT2D eigenvalue weighted by Gasteiger charge is -2.28. The molecule has 0 atom stereocenters. The van der Waals surface area contributed by atoms with Gasteiger partial charge in [0.2, 0.25) is 5.69 Å². The van der Waals surface area contributed by atoms with Crippen LogP contribution < -0.4 is 10.2 Å². The second-order valence-electron chi connectivity index (χ2n) is 19.4. The Balaban J connectivity index is 1.54. The van der Waals surface area contributed by atoms with Gasteiger partial charge in [0.1, 0.15) is 6.54 Å². The number of unbranched alkanes of at least 4 members (excludes halogenated alkanes) is 9. The summed E-state index contributed by atoms with van der Waals surface area (Å²) in [7, 11) is -17.7. The summed E-state index contributed by atoms with van der Waals surface area (Å²) in [5.74, 6) is -1.71. The van der Waals surface area contributed by atoms with Gasteiger partial charge in [0.05, 0.1) is 31.1 Å². The molecule has 388 valence electrons. The van der Waals surface area contributed by atoms with Crippen molar-refractivity contribution in [2.24, 2.45) is 0 Å². The van der Waals surface area contributed by atoms with Crippen molar-refractivity contribution in [2.45, 2.75) is 151 Å². The summed E-state index contributed by atoms with van der Waals surface area (Å²) in [5.41, 5.74) is 5.70. The number of nitrogens with one attached hydrogen (secondary N) is 1. The number of carbonyl (C=O) groups is 1. The first kappa shape index (κ1) is 56.7. The van der Waals surface area contributed by atoms with Gasteiger partial charge >= 0.3 is 5.97 Å².